The summed E-state index contributed by atoms with van der Waals surface area (Å²) in [6, 6.07) is 54.3. The molecule has 0 spiro atoms. The Morgan fingerprint density at radius 1 is 0.417 bits per heavy atom. The molecule has 0 saturated heterocycles. The molecule has 0 aromatic heterocycles. The van der Waals surface area contributed by atoms with Crippen LogP contribution in [0.1, 0.15) is 11.1 Å². The van der Waals surface area contributed by atoms with Crippen molar-refractivity contribution < 1.29 is 18.2 Å². The van der Waals surface area contributed by atoms with Crippen LogP contribution in [0.2, 0.25) is 0 Å². The zero-order chi connectivity index (χ0) is 25.0. The Hall–Kier alpha value is -2.09. The summed E-state index contributed by atoms with van der Waals surface area (Å²) in [5.74, 6) is 0. The van der Waals surface area contributed by atoms with Crippen LogP contribution in [-0.4, -0.2) is 0 Å². The van der Waals surface area contributed by atoms with Gasteiger partial charge in [-0.3, -0.25) is 0 Å². The minimum absolute atomic E-state index is 0.473. The van der Waals surface area contributed by atoms with Crippen LogP contribution in [0.15, 0.2) is 140 Å². The van der Waals surface area contributed by atoms with Gasteiger partial charge in [-0.15, -0.1) is 0 Å². The Morgan fingerprint density at radius 3 is 0.972 bits per heavy atom. The van der Waals surface area contributed by atoms with Gasteiger partial charge >= 0.3 is 27.7 Å². The maximum atomic E-state index is 4.49. The van der Waals surface area contributed by atoms with Crippen LogP contribution in [0, 0.1) is 6.07 Å². The third kappa shape index (κ3) is 7.47. The van der Waals surface area contributed by atoms with Crippen LogP contribution in [-0.2, 0) is 30.5 Å². The average Bonchev–Trinajstić information content (AvgIpc) is 2.98. The van der Waals surface area contributed by atoms with E-state index in [1.165, 1.54) is 32.3 Å². The summed E-state index contributed by atoms with van der Waals surface area (Å²) in [4.78, 5) is 0. The van der Waals surface area contributed by atoms with Gasteiger partial charge in [0.05, 0.1) is 0 Å². The molecular weight excluding hydrogens is 588 g/mol. The largest absolute Gasteiger partial charge is 0.176 e. The molecule has 0 radical (unpaired) electrons. The van der Waals surface area contributed by atoms with Crippen molar-refractivity contribution in [1.29, 1.82) is 0 Å². The predicted molar refractivity (Wildman–Crippen MR) is 157 cm³/mol. The van der Waals surface area contributed by atoms with Crippen molar-refractivity contribution >= 4 is 46.6 Å². The van der Waals surface area contributed by atoms with E-state index >= 15 is 0 Å². The summed E-state index contributed by atoms with van der Waals surface area (Å²) in [5, 5.41) is 5.66. The molecule has 0 saturated carbocycles. The van der Waals surface area contributed by atoms with Crippen molar-refractivity contribution in [2.24, 2.45) is 0 Å². The summed E-state index contributed by atoms with van der Waals surface area (Å²) in [6.45, 7) is 0. The van der Waals surface area contributed by atoms with E-state index in [4.69, 9.17) is 0 Å². The van der Waals surface area contributed by atoms with Crippen LogP contribution in [0.25, 0.3) is 0 Å². The fourth-order valence-electron chi connectivity index (χ4n) is 4.19. The van der Waals surface area contributed by atoms with Crippen LogP contribution in [0.5, 0.6) is 0 Å². The molecule has 0 amide bonds. The van der Waals surface area contributed by atoms with Crippen molar-refractivity contribution in [2.75, 3.05) is 0 Å². The van der Waals surface area contributed by atoms with Crippen LogP contribution in [0.3, 0.4) is 0 Å². The first-order valence-corrected chi connectivity index (χ1v) is 16.8. The smallest absolute Gasteiger partial charge is 0.0193 e. The van der Waals surface area contributed by atoms with Gasteiger partial charge in [-0.1, -0.05) is 121 Å². The normalized spacial score (nSPS) is 10.7. The molecule has 36 heavy (non-hydrogen) atoms. The topological polar surface area (TPSA) is 0 Å². The van der Waals surface area contributed by atoms with E-state index in [1.54, 1.807) is 0 Å². The molecule has 0 bridgehead atoms. The molecule has 0 aliphatic rings. The zero-order valence-corrected chi connectivity index (χ0v) is 23.9. The van der Waals surface area contributed by atoms with Crippen molar-refractivity contribution in [3.05, 3.63) is 157 Å². The van der Waals surface area contributed by atoms with E-state index < -0.39 is 15.8 Å². The fraction of sp³-hybridized carbons (Fsp3) is 0.0625. The second kappa shape index (κ2) is 14.6. The minimum Gasteiger partial charge on any atom is -0.176 e. The maximum absolute atomic E-state index is 4.49. The van der Waals surface area contributed by atoms with Gasteiger partial charge < -0.3 is 0 Å². The third-order valence-corrected chi connectivity index (χ3v) is 10.8. The molecule has 0 heterocycles. The quantitative estimate of drug-likeness (QED) is 0.0968. The van der Waals surface area contributed by atoms with Crippen molar-refractivity contribution in [3.8, 4) is 0 Å². The number of hydrogen-bond acceptors (Lipinski definition) is 0. The molecule has 0 fully saturated rings. The molecule has 0 unspecified atom stereocenters. The summed E-state index contributed by atoms with van der Waals surface area (Å²) in [7, 11) is 3.54. The van der Waals surface area contributed by atoms with E-state index in [9.17, 15) is 0 Å². The average molecular weight is 615 g/mol. The van der Waals surface area contributed by atoms with Crippen molar-refractivity contribution in [1.82, 2.24) is 0 Å². The second-order valence-electron chi connectivity index (χ2n) is 8.22. The third-order valence-electron chi connectivity index (χ3n) is 5.84. The summed E-state index contributed by atoms with van der Waals surface area (Å²) in [5.41, 5.74) is 2.60. The van der Waals surface area contributed by atoms with Gasteiger partial charge in [-0.05, 0) is 49.4 Å². The fourth-order valence-corrected chi connectivity index (χ4v) is 8.70. The minimum atomic E-state index is -0.473. The Bertz CT molecular complexity index is 1120. The molecule has 4 heteroatoms. The van der Waals surface area contributed by atoms with Gasteiger partial charge in [0, 0.05) is 0 Å². The summed E-state index contributed by atoms with van der Waals surface area (Å²) in [6.07, 6.45) is 2.01. The molecule has 0 N–H and O–H groups in total. The molecule has 0 aliphatic carbocycles. The summed E-state index contributed by atoms with van der Waals surface area (Å²) >= 11 is 2.22. The van der Waals surface area contributed by atoms with E-state index in [1.807, 2.05) is 0 Å². The van der Waals surface area contributed by atoms with Gasteiger partial charge in [-0.2, -0.15) is 35.4 Å². The van der Waals surface area contributed by atoms with E-state index in [0.29, 0.717) is 0 Å². The monoisotopic (exact) mass is 614 g/mol. The molecule has 182 valence electrons. The summed E-state index contributed by atoms with van der Waals surface area (Å²) < 4.78 is 0. The molecule has 0 nitrogen and oxygen atoms in total. The first-order chi connectivity index (χ1) is 17.9. The number of hydrogen-bond donors (Lipinski definition) is 0. The maximum Gasteiger partial charge on any atom is -0.0193 e. The van der Waals surface area contributed by atoms with Gasteiger partial charge in [-0.25, -0.2) is 0 Å². The number of halogens is 1. The van der Waals surface area contributed by atoms with E-state index in [0.717, 1.165) is 12.3 Å². The Labute approximate surface area is 232 Å². The van der Waals surface area contributed by atoms with Crippen molar-refractivity contribution in [3.63, 3.8) is 0 Å². The van der Waals surface area contributed by atoms with Gasteiger partial charge in [0.15, 0.2) is 0 Å². The molecule has 0 aliphatic heterocycles. The predicted octanol–water partition coefficient (Wildman–Crippen LogP) is 7.44. The first-order valence-electron chi connectivity index (χ1n) is 11.7. The van der Waals surface area contributed by atoms with Gasteiger partial charge in [0.25, 0.3) is 0 Å². The van der Waals surface area contributed by atoms with Crippen LogP contribution in [0.4, 0.5) is 0 Å². The van der Waals surface area contributed by atoms with Crippen LogP contribution < -0.4 is 21.2 Å². The second-order valence-corrected chi connectivity index (χ2v) is 12.6. The van der Waals surface area contributed by atoms with Gasteiger partial charge in [0.2, 0.25) is 0 Å². The molecule has 5 rings (SSSR count). The zero-order valence-electron chi connectivity index (χ0n) is 19.8. The molecular formula is C32H27ClP2Pd. The van der Waals surface area contributed by atoms with Gasteiger partial charge in [0.1, 0.15) is 0 Å². The molecule has 5 aromatic carbocycles. The number of rotatable bonds is 8. The van der Waals surface area contributed by atoms with Crippen LogP contribution >= 0.6 is 25.4 Å². The van der Waals surface area contributed by atoms with E-state index in [2.05, 4.69) is 173 Å². The standard InChI is InChI=1S/C32H27P2.ClH.Pd/c1-5-16-29(17-6-1)33(30-18-7-2-8-19-30)25-27-14-13-15-28(24-27)26-34(31-20-9-3-10-21-31)32-22-11-4-12-23-32;;/h1-23H,25-26H2;1H;/q-1;;+2/p-1. The van der Waals surface area contributed by atoms with E-state index in [-0.39, 0.29) is 0 Å². The molecule has 5 aromatic rings. The number of benzene rings is 5. The Morgan fingerprint density at radius 2 is 0.694 bits per heavy atom. The molecule has 0 atom stereocenters. The Balaban J connectivity index is 0.00000148. The Kier molecular flexibility index (Phi) is 10.9. The SMILES string of the molecule is [Cl][Pd+].[c-]1c(CP(c2ccccc2)c2ccccc2)cccc1CP(c1ccccc1)c1ccccc1. The first kappa shape index (κ1) is 27.0. The van der Waals surface area contributed by atoms with Crippen molar-refractivity contribution in [2.45, 2.75) is 12.3 Å².